The lowest BCUT2D eigenvalue weighted by Crippen LogP contribution is -2.36. The number of anilines is 2. The fourth-order valence-electron chi connectivity index (χ4n) is 3.63. The van der Waals surface area contributed by atoms with E-state index in [-0.39, 0.29) is 5.78 Å². The number of esters is 1. The number of aromatic amines is 1. The third-order valence-electron chi connectivity index (χ3n) is 5.18. The number of nitrogens with zero attached hydrogens (tertiary/aromatic N) is 1. The van der Waals surface area contributed by atoms with Crippen LogP contribution in [0.1, 0.15) is 46.0 Å². The van der Waals surface area contributed by atoms with Crippen LogP contribution in [0.15, 0.2) is 24.3 Å². The molecule has 156 valence electrons. The highest BCUT2D eigenvalue weighted by Gasteiger charge is 2.25. The molecule has 2 N–H and O–H groups in total. The van der Waals surface area contributed by atoms with Crippen molar-refractivity contribution >= 4 is 23.1 Å². The fourth-order valence-corrected chi connectivity index (χ4v) is 3.63. The van der Waals surface area contributed by atoms with Gasteiger partial charge in [0.25, 0.3) is 0 Å². The number of nitrogens with one attached hydrogen (secondary N) is 2. The molecule has 1 aromatic heterocycles. The number of morpholine rings is 1. The van der Waals surface area contributed by atoms with Gasteiger partial charge in [-0.25, -0.2) is 4.79 Å². The van der Waals surface area contributed by atoms with E-state index in [1.54, 1.807) is 20.8 Å². The molecule has 1 fully saturated rings. The number of ketones is 1. The first-order valence-corrected chi connectivity index (χ1v) is 10.0. The zero-order chi connectivity index (χ0) is 21.0. The van der Waals surface area contributed by atoms with Crippen LogP contribution in [0.3, 0.4) is 0 Å². The lowest BCUT2D eigenvalue weighted by Gasteiger charge is -2.29. The van der Waals surface area contributed by atoms with Crippen LogP contribution in [0.4, 0.5) is 11.4 Å². The van der Waals surface area contributed by atoms with E-state index < -0.39 is 12.0 Å². The van der Waals surface area contributed by atoms with E-state index in [1.807, 2.05) is 31.2 Å². The monoisotopic (exact) mass is 399 g/mol. The van der Waals surface area contributed by atoms with E-state index in [0.717, 1.165) is 37.7 Å². The fraction of sp³-hybridized carbons (Fsp3) is 0.455. The number of carbonyl (C=O) groups is 2. The maximum atomic E-state index is 13.0. The van der Waals surface area contributed by atoms with Gasteiger partial charge in [-0.2, -0.15) is 0 Å². The quantitative estimate of drug-likeness (QED) is 0.549. The average molecular weight is 399 g/mol. The van der Waals surface area contributed by atoms with Gasteiger partial charge in [0.05, 0.1) is 37.1 Å². The summed E-state index contributed by atoms with van der Waals surface area (Å²) >= 11 is 0. The molecule has 29 heavy (non-hydrogen) atoms. The van der Waals surface area contributed by atoms with Gasteiger partial charge in [-0.15, -0.1) is 0 Å². The van der Waals surface area contributed by atoms with Gasteiger partial charge in [-0.05, 0) is 57.5 Å². The predicted molar refractivity (Wildman–Crippen MR) is 113 cm³/mol. The summed E-state index contributed by atoms with van der Waals surface area (Å²) in [5, 5.41) is 3.25. The minimum Gasteiger partial charge on any atom is -0.462 e. The van der Waals surface area contributed by atoms with Crippen LogP contribution in [-0.2, 0) is 9.47 Å². The summed E-state index contributed by atoms with van der Waals surface area (Å²) in [6.45, 7) is 10.7. The highest BCUT2D eigenvalue weighted by molar-refractivity contribution is 6.04. The van der Waals surface area contributed by atoms with Gasteiger partial charge < -0.3 is 24.7 Å². The molecule has 0 aliphatic carbocycles. The van der Waals surface area contributed by atoms with E-state index >= 15 is 0 Å². The molecule has 1 aliphatic heterocycles. The molecule has 1 aromatic carbocycles. The Morgan fingerprint density at radius 2 is 1.86 bits per heavy atom. The summed E-state index contributed by atoms with van der Waals surface area (Å²) in [4.78, 5) is 30.5. The van der Waals surface area contributed by atoms with Gasteiger partial charge in [-0.3, -0.25) is 4.79 Å². The van der Waals surface area contributed by atoms with Crippen molar-refractivity contribution in [3.63, 3.8) is 0 Å². The Morgan fingerprint density at radius 1 is 1.21 bits per heavy atom. The molecule has 1 atom stereocenters. The third-order valence-corrected chi connectivity index (χ3v) is 5.18. The summed E-state index contributed by atoms with van der Waals surface area (Å²) < 4.78 is 10.5. The summed E-state index contributed by atoms with van der Waals surface area (Å²) in [5.74, 6) is -0.504. The minimum atomic E-state index is -0.448. The molecule has 1 saturated heterocycles. The molecule has 2 heterocycles. The van der Waals surface area contributed by atoms with Gasteiger partial charge in [-0.1, -0.05) is 0 Å². The van der Waals surface area contributed by atoms with Crippen molar-refractivity contribution in [3.05, 3.63) is 46.8 Å². The van der Waals surface area contributed by atoms with Gasteiger partial charge in [0.2, 0.25) is 5.78 Å². The number of benzene rings is 1. The normalized spacial score (nSPS) is 15.1. The predicted octanol–water partition coefficient (Wildman–Crippen LogP) is 3.33. The Bertz CT molecular complexity index is 867. The number of H-pyrrole nitrogens is 1. The third kappa shape index (κ3) is 4.62. The smallest absolute Gasteiger partial charge is 0.340 e. The number of hydrogen-bond donors (Lipinski definition) is 2. The van der Waals surface area contributed by atoms with Crippen LogP contribution in [0, 0.1) is 13.8 Å². The number of carbonyl (C=O) groups excluding carboxylic acids is 2. The lowest BCUT2D eigenvalue weighted by molar-refractivity contribution is 0.0525. The van der Waals surface area contributed by atoms with Crippen LogP contribution in [0.2, 0.25) is 0 Å². The highest BCUT2D eigenvalue weighted by Crippen LogP contribution is 2.23. The maximum Gasteiger partial charge on any atom is 0.340 e. The maximum absolute atomic E-state index is 13.0. The van der Waals surface area contributed by atoms with Crippen molar-refractivity contribution < 1.29 is 19.1 Å². The van der Waals surface area contributed by atoms with Crippen molar-refractivity contribution in [2.24, 2.45) is 0 Å². The molecular weight excluding hydrogens is 370 g/mol. The first-order chi connectivity index (χ1) is 13.9. The molecule has 7 nitrogen and oxygen atoms in total. The zero-order valence-electron chi connectivity index (χ0n) is 17.5. The van der Waals surface area contributed by atoms with Gasteiger partial charge in [0.1, 0.15) is 0 Å². The molecule has 1 unspecified atom stereocenters. The first-order valence-electron chi connectivity index (χ1n) is 10.0. The van der Waals surface area contributed by atoms with Crippen LogP contribution in [0.25, 0.3) is 0 Å². The van der Waals surface area contributed by atoms with E-state index in [4.69, 9.17) is 9.47 Å². The largest absolute Gasteiger partial charge is 0.462 e. The number of ether oxygens (including phenoxy) is 2. The average Bonchev–Trinajstić information content (AvgIpc) is 3.02. The number of Topliss-reactive ketones (excluding diaryl/α,β-unsaturated/α-hetero) is 1. The Kier molecular flexibility index (Phi) is 6.59. The minimum absolute atomic E-state index is 0.0987. The van der Waals surface area contributed by atoms with E-state index in [9.17, 15) is 9.59 Å². The molecule has 0 saturated carbocycles. The van der Waals surface area contributed by atoms with Crippen molar-refractivity contribution in [3.8, 4) is 0 Å². The Hall–Kier alpha value is -2.80. The topological polar surface area (TPSA) is 83.7 Å². The number of rotatable bonds is 7. The Balaban J connectivity index is 1.69. The molecule has 0 radical (unpaired) electrons. The molecule has 0 amide bonds. The van der Waals surface area contributed by atoms with Gasteiger partial charge >= 0.3 is 5.97 Å². The molecule has 0 bridgehead atoms. The SMILES string of the molecule is CCOC(=O)c1c(C)[nH]c(C(=O)C(C)Nc2ccc(N3CCOCC3)cc2)c1C. The Morgan fingerprint density at radius 3 is 2.48 bits per heavy atom. The number of aromatic nitrogens is 1. The Labute approximate surface area is 171 Å². The first kappa shape index (κ1) is 20.9. The highest BCUT2D eigenvalue weighted by atomic mass is 16.5. The second-order valence-electron chi connectivity index (χ2n) is 7.22. The van der Waals surface area contributed by atoms with Crippen LogP contribution < -0.4 is 10.2 Å². The number of aryl methyl sites for hydroxylation is 1. The van der Waals surface area contributed by atoms with E-state index in [1.165, 1.54) is 0 Å². The summed E-state index contributed by atoms with van der Waals surface area (Å²) in [5.41, 5.74) is 4.17. The van der Waals surface area contributed by atoms with Crippen molar-refractivity contribution in [2.75, 3.05) is 43.1 Å². The van der Waals surface area contributed by atoms with Crippen LogP contribution >= 0.6 is 0 Å². The van der Waals surface area contributed by atoms with Crippen molar-refractivity contribution in [1.29, 1.82) is 0 Å². The van der Waals surface area contributed by atoms with E-state index in [2.05, 4.69) is 15.2 Å². The standard InChI is InChI=1S/C22H29N3O4/c1-5-29-22(27)19-14(2)20(24-15(19)3)21(26)16(4)23-17-6-8-18(9-7-17)25-10-12-28-13-11-25/h6-9,16,23-24H,5,10-13H2,1-4H3. The second-order valence-corrected chi connectivity index (χ2v) is 7.22. The van der Waals surface area contributed by atoms with Crippen LogP contribution in [-0.4, -0.2) is 55.7 Å². The molecule has 3 rings (SSSR count). The van der Waals surface area contributed by atoms with E-state index in [0.29, 0.717) is 29.1 Å². The van der Waals surface area contributed by atoms with Crippen molar-refractivity contribution in [1.82, 2.24) is 4.98 Å². The molecule has 7 heteroatoms. The van der Waals surface area contributed by atoms with Crippen LogP contribution in [0.5, 0.6) is 0 Å². The zero-order valence-corrected chi connectivity index (χ0v) is 17.5. The molecule has 1 aliphatic rings. The summed E-state index contributed by atoms with van der Waals surface area (Å²) in [7, 11) is 0. The second kappa shape index (κ2) is 9.13. The molecule has 2 aromatic rings. The molecule has 0 spiro atoms. The summed E-state index contributed by atoms with van der Waals surface area (Å²) in [6, 6.07) is 7.61. The van der Waals surface area contributed by atoms with Gasteiger partial charge in [0, 0.05) is 30.2 Å². The van der Waals surface area contributed by atoms with Crippen molar-refractivity contribution in [2.45, 2.75) is 33.7 Å². The molecular formula is C22H29N3O4. The lowest BCUT2D eigenvalue weighted by atomic mass is 10.0. The summed E-state index contributed by atoms with van der Waals surface area (Å²) in [6.07, 6.45) is 0. The van der Waals surface area contributed by atoms with Gasteiger partial charge in [0.15, 0.2) is 0 Å². The number of hydrogen-bond acceptors (Lipinski definition) is 6.